The van der Waals surface area contributed by atoms with Gasteiger partial charge in [0.05, 0.1) is 12.2 Å². The van der Waals surface area contributed by atoms with Gasteiger partial charge in [0.2, 0.25) is 0 Å². The van der Waals surface area contributed by atoms with Gasteiger partial charge in [-0.1, -0.05) is 42.0 Å². The first-order chi connectivity index (χ1) is 15.7. The highest BCUT2D eigenvalue weighted by Gasteiger charge is 2.11. The summed E-state index contributed by atoms with van der Waals surface area (Å²) in [6.45, 7) is 7.53. The largest absolute Gasteiger partial charge is 0.452 e. The molecule has 7 heteroatoms. The molecule has 0 saturated carbocycles. The number of ether oxygens (including phenoxy) is 1. The second kappa shape index (κ2) is 10.5. The highest BCUT2D eigenvalue weighted by atomic mass is 16.5. The van der Waals surface area contributed by atoms with Crippen LogP contribution in [-0.2, 0) is 20.9 Å². The summed E-state index contributed by atoms with van der Waals surface area (Å²) >= 11 is 0. The quantitative estimate of drug-likeness (QED) is 0.318. The van der Waals surface area contributed by atoms with Gasteiger partial charge in [0.25, 0.3) is 5.91 Å². The molecule has 1 N–H and O–H groups in total. The Morgan fingerprint density at radius 3 is 2.48 bits per heavy atom. The number of nitrogens with one attached hydrogen (secondary N) is 1. The Bertz CT molecular complexity index is 1210. The van der Waals surface area contributed by atoms with E-state index in [1.165, 1.54) is 18.6 Å². The van der Waals surface area contributed by atoms with Gasteiger partial charge in [-0.05, 0) is 51.5 Å². The monoisotopic (exact) mass is 445 g/mol. The summed E-state index contributed by atoms with van der Waals surface area (Å²) in [7, 11) is 0. The van der Waals surface area contributed by atoms with Crippen molar-refractivity contribution >= 4 is 29.4 Å². The first-order valence-electron chi connectivity index (χ1n) is 10.6. The second-order valence-corrected chi connectivity index (χ2v) is 7.85. The molecule has 0 atom stereocenters. The number of carbonyl (C=O) groups is 3. The van der Waals surface area contributed by atoms with E-state index in [9.17, 15) is 14.4 Å². The van der Waals surface area contributed by atoms with Crippen LogP contribution in [0.2, 0.25) is 0 Å². The lowest BCUT2D eigenvalue weighted by atomic mass is 10.1. The maximum Gasteiger partial charge on any atom is 0.331 e. The zero-order valence-electron chi connectivity index (χ0n) is 19.2. The lowest BCUT2D eigenvalue weighted by Crippen LogP contribution is -2.20. The molecule has 0 unspecified atom stereocenters. The number of Topliss-reactive ketones (excluding diaryl/α,β-unsaturated/α-hetero) is 1. The minimum absolute atomic E-state index is 0.101. The van der Waals surface area contributed by atoms with E-state index in [1.807, 2.05) is 25.5 Å². The standard InChI is InChI=1S/C26H27N3O4/c1-17-8-10-21(11-9-17)15-29-19(3)24(18(2)28-29)12-13-26(32)33-16-25(31)27-23-7-5-6-22(14-23)20(4)30/h5-14H,15-16H2,1-4H3,(H,27,31)/b13-12+. The van der Waals surface area contributed by atoms with Crippen LogP contribution in [0.25, 0.3) is 6.08 Å². The normalized spacial score (nSPS) is 10.9. The maximum absolute atomic E-state index is 12.1. The number of aryl methyl sites for hydroxylation is 2. The number of hydrogen-bond donors (Lipinski definition) is 1. The Kier molecular flexibility index (Phi) is 7.56. The number of amides is 1. The molecule has 0 aliphatic heterocycles. The van der Waals surface area contributed by atoms with E-state index in [0.717, 1.165) is 22.5 Å². The molecule has 1 aromatic heterocycles. The van der Waals surface area contributed by atoms with Gasteiger partial charge in [0.15, 0.2) is 12.4 Å². The van der Waals surface area contributed by atoms with Crippen molar-refractivity contribution in [2.75, 3.05) is 11.9 Å². The van der Waals surface area contributed by atoms with Gasteiger partial charge in [-0.25, -0.2) is 4.79 Å². The van der Waals surface area contributed by atoms with Crippen molar-refractivity contribution in [3.05, 3.63) is 88.2 Å². The van der Waals surface area contributed by atoms with Crippen molar-refractivity contribution in [3.63, 3.8) is 0 Å². The molecule has 3 aromatic rings. The molecule has 33 heavy (non-hydrogen) atoms. The smallest absolute Gasteiger partial charge is 0.331 e. The Morgan fingerprint density at radius 1 is 1.06 bits per heavy atom. The molecule has 0 aliphatic carbocycles. The van der Waals surface area contributed by atoms with Crippen molar-refractivity contribution < 1.29 is 19.1 Å². The third-order valence-electron chi connectivity index (χ3n) is 5.17. The maximum atomic E-state index is 12.1. The third-order valence-corrected chi connectivity index (χ3v) is 5.17. The molecule has 3 rings (SSSR count). The molecule has 0 aliphatic rings. The Labute approximate surface area is 193 Å². The van der Waals surface area contributed by atoms with Gasteiger partial charge < -0.3 is 10.1 Å². The summed E-state index contributed by atoms with van der Waals surface area (Å²) < 4.78 is 6.93. The molecular formula is C26H27N3O4. The fourth-order valence-corrected chi connectivity index (χ4v) is 3.32. The highest BCUT2D eigenvalue weighted by molar-refractivity contribution is 5.98. The molecule has 2 aromatic carbocycles. The predicted octanol–water partition coefficient (Wildman–Crippen LogP) is 4.25. The summed E-state index contributed by atoms with van der Waals surface area (Å²) in [6.07, 6.45) is 2.94. The minimum atomic E-state index is -0.632. The topological polar surface area (TPSA) is 90.3 Å². The molecule has 1 heterocycles. The van der Waals surface area contributed by atoms with Crippen LogP contribution in [-0.4, -0.2) is 34.0 Å². The zero-order chi connectivity index (χ0) is 24.0. The van der Waals surface area contributed by atoms with Crippen LogP contribution in [0.5, 0.6) is 0 Å². The van der Waals surface area contributed by atoms with Gasteiger partial charge >= 0.3 is 5.97 Å². The minimum Gasteiger partial charge on any atom is -0.452 e. The fourth-order valence-electron chi connectivity index (χ4n) is 3.32. The van der Waals surface area contributed by atoms with Crippen LogP contribution in [0, 0.1) is 20.8 Å². The Hall–Kier alpha value is -4.00. The molecule has 0 bridgehead atoms. The number of anilines is 1. The highest BCUT2D eigenvalue weighted by Crippen LogP contribution is 2.17. The van der Waals surface area contributed by atoms with Crippen molar-refractivity contribution in [1.29, 1.82) is 0 Å². The van der Waals surface area contributed by atoms with Crippen LogP contribution >= 0.6 is 0 Å². The van der Waals surface area contributed by atoms with E-state index >= 15 is 0 Å². The number of carbonyl (C=O) groups excluding carboxylic acids is 3. The summed E-state index contributed by atoms with van der Waals surface area (Å²) in [5.41, 5.74) is 5.86. The summed E-state index contributed by atoms with van der Waals surface area (Å²) in [4.78, 5) is 35.6. The van der Waals surface area contributed by atoms with Crippen LogP contribution in [0.3, 0.4) is 0 Å². The van der Waals surface area contributed by atoms with Crippen molar-refractivity contribution in [1.82, 2.24) is 9.78 Å². The van der Waals surface area contributed by atoms with E-state index in [1.54, 1.807) is 30.3 Å². The molecular weight excluding hydrogens is 418 g/mol. The number of aromatic nitrogens is 2. The third kappa shape index (κ3) is 6.49. The zero-order valence-corrected chi connectivity index (χ0v) is 19.2. The molecule has 0 spiro atoms. The fraction of sp³-hybridized carbons (Fsp3) is 0.231. The number of hydrogen-bond acceptors (Lipinski definition) is 5. The summed E-state index contributed by atoms with van der Waals surface area (Å²) in [6, 6.07) is 14.8. The van der Waals surface area contributed by atoms with E-state index in [4.69, 9.17) is 4.74 Å². The van der Waals surface area contributed by atoms with Crippen molar-refractivity contribution in [3.8, 4) is 0 Å². The average Bonchev–Trinajstić information content (AvgIpc) is 3.04. The van der Waals surface area contributed by atoms with Crippen LogP contribution in [0.1, 0.15) is 45.4 Å². The number of ketones is 1. The number of nitrogens with zero attached hydrogens (tertiary/aromatic N) is 2. The Morgan fingerprint density at radius 2 is 1.79 bits per heavy atom. The molecule has 0 radical (unpaired) electrons. The van der Waals surface area contributed by atoms with Gasteiger partial charge in [0, 0.05) is 28.6 Å². The molecule has 0 fully saturated rings. The summed E-state index contributed by atoms with van der Waals surface area (Å²) in [5.74, 6) is -1.22. The first-order valence-corrected chi connectivity index (χ1v) is 10.6. The number of esters is 1. The van der Waals surface area contributed by atoms with Gasteiger partial charge in [-0.2, -0.15) is 5.10 Å². The van der Waals surface area contributed by atoms with Crippen LogP contribution in [0.4, 0.5) is 5.69 Å². The van der Waals surface area contributed by atoms with Gasteiger partial charge in [-0.3, -0.25) is 14.3 Å². The van der Waals surface area contributed by atoms with Crippen molar-refractivity contribution in [2.24, 2.45) is 0 Å². The van der Waals surface area contributed by atoms with E-state index < -0.39 is 18.5 Å². The Balaban J connectivity index is 1.56. The first kappa shape index (κ1) is 23.7. The van der Waals surface area contributed by atoms with Crippen molar-refractivity contribution in [2.45, 2.75) is 34.2 Å². The van der Waals surface area contributed by atoms with E-state index in [2.05, 4.69) is 34.7 Å². The van der Waals surface area contributed by atoms with Gasteiger partial charge in [-0.15, -0.1) is 0 Å². The molecule has 170 valence electrons. The summed E-state index contributed by atoms with van der Waals surface area (Å²) in [5, 5.41) is 7.18. The predicted molar refractivity (Wildman–Crippen MR) is 127 cm³/mol. The van der Waals surface area contributed by atoms with E-state index in [-0.39, 0.29) is 5.78 Å². The van der Waals surface area contributed by atoms with E-state index in [0.29, 0.717) is 17.8 Å². The lowest BCUT2D eigenvalue weighted by Gasteiger charge is -2.06. The van der Waals surface area contributed by atoms with Crippen LogP contribution in [0.15, 0.2) is 54.6 Å². The van der Waals surface area contributed by atoms with Gasteiger partial charge in [0.1, 0.15) is 0 Å². The molecule has 1 amide bonds. The lowest BCUT2D eigenvalue weighted by molar-refractivity contribution is -0.142. The average molecular weight is 446 g/mol. The second-order valence-electron chi connectivity index (χ2n) is 7.85. The van der Waals surface area contributed by atoms with Crippen LogP contribution < -0.4 is 5.32 Å². The molecule has 0 saturated heterocycles. The number of benzene rings is 2. The SMILES string of the molecule is CC(=O)c1cccc(NC(=O)COC(=O)/C=C/c2c(C)nn(Cc3ccc(C)cc3)c2C)c1. The number of rotatable bonds is 8. The molecule has 7 nitrogen and oxygen atoms in total.